The number of carbonyl (C=O) groups excluding carboxylic acids is 2. The van der Waals surface area contributed by atoms with Gasteiger partial charge in [-0.1, -0.05) is 6.07 Å². The fraction of sp³-hybridized carbons (Fsp3) is 0.417. The number of H-pyrrole nitrogens is 1. The van der Waals surface area contributed by atoms with E-state index in [1.165, 1.54) is 5.56 Å². The molecule has 2 saturated heterocycles. The highest BCUT2D eigenvalue weighted by Crippen LogP contribution is 2.34. The lowest BCUT2D eigenvalue weighted by atomic mass is 10.0. The van der Waals surface area contributed by atoms with Crippen LogP contribution in [0.15, 0.2) is 30.5 Å². The van der Waals surface area contributed by atoms with Crippen LogP contribution in [0, 0.1) is 0 Å². The van der Waals surface area contributed by atoms with Gasteiger partial charge < -0.3 is 19.9 Å². The molecule has 0 aliphatic carbocycles. The number of aromatic amines is 1. The molecule has 0 atom stereocenters. The number of hydrogen-bond donors (Lipinski definition) is 2. The molecule has 3 aliphatic rings. The normalized spacial score (nSPS) is 20.2. The quantitative estimate of drug-likeness (QED) is 0.677. The fourth-order valence-electron chi connectivity index (χ4n) is 4.53. The van der Waals surface area contributed by atoms with Gasteiger partial charge >= 0.3 is 0 Å². The number of nitrogens with one attached hydrogen (secondary N) is 2. The smallest absolute Gasteiger partial charge is 0.256 e. The third kappa shape index (κ3) is 4.90. The zero-order valence-corrected chi connectivity index (χ0v) is 18.9. The van der Waals surface area contributed by atoms with Gasteiger partial charge in [-0.25, -0.2) is 0 Å². The van der Waals surface area contributed by atoms with E-state index in [9.17, 15) is 9.59 Å². The molecule has 1 aromatic carbocycles. The molecule has 0 saturated carbocycles. The largest absolute Gasteiger partial charge is 0.379 e. The fourth-order valence-corrected chi connectivity index (χ4v) is 4.53. The Kier molecular flexibility index (Phi) is 6.98. The summed E-state index contributed by atoms with van der Waals surface area (Å²) in [5, 5.41) is 2.96. The van der Waals surface area contributed by atoms with Gasteiger partial charge in [0.2, 0.25) is 5.91 Å². The van der Waals surface area contributed by atoms with Crippen LogP contribution in [0.4, 0.5) is 5.69 Å². The first-order chi connectivity index (χ1) is 15.2. The second-order valence-corrected chi connectivity index (χ2v) is 8.52. The van der Waals surface area contributed by atoms with Crippen molar-refractivity contribution < 1.29 is 14.3 Å². The molecule has 3 aliphatic heterocycles. The molecule has 8 heteroatoms. The first-order valence-electron chi connectivity index (χ1n) is 11.1. The number of likely N-dealkylation sites (tertiary alicyclic amines) is 1. The van der Waals surface area contributed by atoms with Gasteiger partial charge in [-0.2, -0.15) is 0 Å². The van der Waals surface area contributed by atoms with Crippen molar-refractivity contribution in [3.05, 3.63) is 52.8 Å². The molecule has 7 nitrogen and oxygen atoms in total. The van der Waals surface area contributed by atoms with Crippen LogP contribution in [0.3, 0.4) is 0 Å². The molecule has 0 bridgehead atoms. The summed E-state index contributed by atoms with van der Waals surface area (Å²) in [6.45, 7) is 5.73. The van der Waals surface area contributed by atoms with Crippen molar-refractivity contribution in [3.8, 4) is 0 Å². The summed E-state index contributed by atoms with van der Waals surface area (Å²) in [4.78, 5) is 32.4. The molecule has 2 N–H and O–H groups in total. The zero-order valence-electron chi connectivity index (χ0n) is 18.1. The Morgan fingerprint density at radius 2 is 1.84 bits per heavy atom. The third-order valence-electron chi connectivity index (χ3n) is 6.24. The van der Waals surface area contributed by atoms with Gasteiger partial charge in [0, 0.05) is 62.3 Å². The van der Waals surface area contributed by atoms with Crippen LogP contribution in [-0.4, -0.2) is 59.4 Å². The average molecular weight is 457 g/mol. The van der Waals surface area contributed by atoms with Crippen molar-refractivity contribution >= 4 is 41.6 Å². The highest BCUT2D eigenvalue weighted by atomic mass is 35.5. The van der Waals surface area contributed by atoms with Crippen LogP contribution >= 0.6 is 12.4 Å². The molecule has 0 radical (unpaired) electrons. The summed E-state index contributed by atoms with van der Waals surface area (Å²) < 4.78 is 5.41. The van der Waals surface area contributed by atoms with Gasteiger partial charge in [-0.05, 0) is 48.2 Å². The van der Waals surface area contributed by atoms with Gasteiger partial charge in [0.15, 0.2) is 0 Å². The number of piperidine rings is 1. The van der Waals surface area contributed by atoms with Crippen LogP contribution in [0.1, 0.15) is 41.6 Å². The minimum atomic E-state index is -0.0921. The Bertz CT molecular complexity index is 1030. The minimum Gasteiger partial charge on any atom is -0.379 e. The van der Waals surface area contributed by atoms with Crippen LogP contribution in [0.25, 0.3) is 11.6 Å². The zero-order chi connectivity index (χ0) is 21.2. The maximum Gasteiger partial charge on any atom is 0.256 e. The molecule has 2 aromatic rings. The van der Waals surface area contributed by atoms with E-state index in [0.717, 1.165) is 74.7 Å². The van der Waals surface area contributed by atoms with E-state index in [4.69, 9.17) is 4.74 Å². The SMILES string of the molecule is Cl.O=C1Nc2ccc(CN3CCCCC3=O)cc2/C1=C/c1cc(CN2CCOCC2)c[nH]1. The number of halogens is 1. The molecule has 170 valence electrons. The second-order valence-electron chi connectivity index (χ2n) is 8.52. The lowest BCUT2D eigenvalue weighted by Gasteiger charge is -2.26. The van der Waals surface area contributed by atoms with Crippen molar-refractivity contribution in [2.24, 2.45) is 0 Å². The van der Waals surface area contributed by atoms with E-state index >= 15 is 0 Å². The van der Waals surface area contributed by atoms with Gasteiger partial charge in [0.25, 0.3) is 5.91 Å². The van der Waals surface area contributed by atoms with Crippen LogP contribution < -0.4 is 5.32 Å². The van der Waals surface area contributed by atoms with Gasteiger partial charge in [-0.15, -0.1) is 12.4 Å². The van der Waals surface area contributed by atoms with E-state index in [1.54, 1.807) is 0 Å². The Morgan fingerprint density at radius 1 is 1.00 bits per heavy atom. The average Bonchev–Trinajstić information content (AvgIpc) is 3.34. The number of hydrogen-bond acceptors (Lipinski definition) is 4. The predicted octanol–water partition coefficient (Wildman–Crippen LogP) is 3.27. The van der Waals surface area contributed by atoms with Gasteiger partial charge in [-0.3, -0.25) is 14.5 Å². The summed E-state index contributed by atoms with van der Waals surface area (Å²) in [7, 11) is 0. The van der Waals surface area contributed by atoms with Gasteiger partial charge in [0.05, 0.1) is 18.8 Å². The number of fused-ring (bicyclic) bond motifs is 1. The Morgan fingerprint density at radius 3 is 2.66 bits per heavy atom. The Hall–Kier alpha value is -2.61. The first kappa shape index (κ1) is 22.6. The van der Waals surface area contributed by atoms with Crippen molar-refractivity contribution in [3.63, 3.8) is 0 Å². The minimum absolute atomic E-state index is 0. The number of morpholine rings is 1. The second kappa shape index (κ2) is 9.90. The molecular weight excluding hydrogens is 428 g/mol. The number of carbonyl (C=O) groups is 2. The van der Waals surface area contributed by atoms with Crippen molar-refractivity contribution in [1.29, 1.82) is 0 Å². The van der Waals surface area contributed by atoms with Crippen LogP contribution in [0.2, 0.25) is 0 Å². The molecule has 0 spiro atoms. The predicted molar refractivity (Wildman–Crippen MR) is 126 cm³/mol. The van der Waals surface area contributed by atoms with E-state index in [-0.39, 0.29) is 24.2 Å². The molecule has 2 fully saturated rings. The van der Waals surface area contributed by atoms with Crippen LogP contribution in [0.5, 0.6) is 0 Å². The summed E-state index contributed by atoms with van der Waals surface area (Å²) >= 11 is 0. The Balaban J connectivity index is 0.00000245. The summed E-state index contributed by atoms with van der Waals surface area (Å²) in [5.74, 6) is 0.126. The van der Waals surface area contributed by atoms with E-state index in [2.05, 4.69) is 21.3 Å². The number of anilines is 1. The standard InChI is InChI=1S/C24H28N4O3.ClH/c29-23-3-1-2-6-28(23)16-17-4-5-22-20(12-17)21(24(30)26-22)13-19-11-18(14-25-19)15-27-7-9-31-10-8-27;/h4-5,11-14,25H,1-3,6-10,15-16H2,(H,26,30);1H/b21-13-;. The topological polar surface area (TPSA) is 77.7 Å². The molecule has 2 amide bonds. The lowest BCUT2D eigenvalue weighted by molar-refractivity contribution is -0.133. The van der Waals surface area contributed by atoms with E-state index < -0.39 is 0 Å². The van der Waals surface area contributed by atoms with E-state index in [1.807, 2.05) is 35.4 Å². The van der Waals surface area contributed by atoms with Crippen LogP contribution in [-0.2, 0) is 27.4 Å². The number of aromatic nitrogens is 1. The monoisotopic (exact) mass is 456 g/mol. The maximum absolute atomic E-state index is 12.6. The number of ether oxygens (including phenoxy) is 1. The molecule has 1 aromatic heterocycles. The highest BCUT2D eigenvalue weighted by molar-refractivity contribution is 6.34. The number of nitrogens with zero attached hydrogens (tertiary/aromatic N) is 2. The molecule has 0 unspecified atom stereocenters. The molecule has 32 heavy (non-hydrogen) atoms. The molecular formula is C24H29ClN4O3. The number of rotatable bonds is 5. The van der Waals surface area contributed by atoms with Crippen molar-refractivity contribution in [2.75, 3.05) is 38.2 Å². The highest BCUT2D eigenvalue weighted by Gasteiger charge is 2.25. The van der Waals surface area contributed by atoms with Gasteiger partial charge in [0.1, 0.15) is 0 Å². The third-order valence-corrected chi connectivity index (χ3v) is 6.24. The number of benzene rings is 1. The van der Waals surface area contributed by atoms with E-state index in [0.29, 0.717) is 18.5 Å². The summed E-state index contributed by atoms with van der Waals surface area (Å²) in [6, 6.07) is 8.08. The lowest BCUT2D eigenvalue weighted by Crippen LogP contribution is -2.35. The molecule has 5 rings (SSSR count). The number of amides is 2. The summed E-state index contributed by atoms with van der Waals surface area (Å²) in [6.07, 6.45) is 6.60. The summed E-state index contributed by atoms with van der Waals surface area (Å²) in [5.41, 5.74) is 5.54. The Labute approximate surface area is 194 Å². The van der Waals surface area contributed by atoms with Crippen molar-refractivity contribution in [1.82, 2.24) is 14.8 Å². The molecule has 4 heterocycles. The first-order valence-corrected chi connectivity index (χ1v) is 11.1. The maximum atomic E-state index is 12.6. The van der Waals surface area contributed by atoms with Crippen molar-refractivity contribution in [2.45, 2.75) is 32.4 Å².